The maximum absolute atomic E-state index is 11.4. The van der Waals surface area contributed by atoms with E-state index in [-0.39, 0.29) is 17.9 Å². The number of aliphatic hydroxyl groups is 1. The number of rotatable bonds is 3. The SMILES string of the molecule is CC(C)CC(=O)C1C[C@@H](O)CN1. The predicted molar refractivity (Wildman–Crippen MR) is 46.9 cm³/mol. The second-order valence-electron chi connectivity index (χ2n) is 3.91. The van der Waals surface area contributed by atoms with Crippen LogP contribution in [0.4, 0.5) is 0 Å². The van der Waals surface area contributed by atoms with Crippen LogP contribution in [0.1, 0.15) is 26.7 Å². The quantitative estimate of drug-likeness (QED) is 0.643. The molecular formula is C9H17NO2. The Kier molecular flexibility index (Phi) is 3.23. The number of hydrogen-bond acceptors (Lipinski definition) is 3. The van der Waals surface area contributed by atoms with Gasteiger partial charge in [-0.3, -0.25) is 4.79 Å². The monoisotopic (exact) mass is 171 g/mol. The number of carbonyl (C=O) groups excluding carboxylic acids is 1. The summed E-state index contributed by atoms with van der Waals surface area (Å²) in [5, 5.41) is 12.2. The Hall–Kier alpha value is -0.410. The highest BCUT2D eigenvalue weighted by Crippen LogP contribution is 2.11. The predicted octanol–water partition coefficient (Wildman–Crippen LogP) is 0.324. The molecule has 1 heterocycles. The summed E-state index contributed by atoms with van der Waals surface area (Å²) in [6.45, 7) is 4.63. The summed E-state index contributed by atoms with van der Waals surface area (Å²) in [5.74, 6) is 0.651. The molecular weight excluding hydrogens is 154 g/mol. The van der Waals surface area contributed by atoms with Crippen LogP contribution < -0.4 is 5.32 Å². The maximum Gasteiger partial charge on any atom is 0.150 e. The molecule has 12 heavy (non-hydrogen) atoms. The molecule has 70 valence electrons. The molecule has 2 N–H and O–H groups in total. The van der Waals surface area contributed by atoms with E-state index in [1.165, 1.54) is 0 Å². The Morgan fingerprint density at radius 2 is 2.33 bits per heavy atom. The van der Waals surface area contributed by atoms with E-state index in [9.17, 15) is 4.79 Å². The second kappa shape index (κ2) is 4.01. The molecule has 0 aliphatic carbocycles. The van der Waals surface area contributed by atoms with E-state index < -0.39 is 0 Å². The van der Waals surface area contributed by atoms with Gasteiger partial charge in [0.1, 0.15) is 5.78 Å². The third-order valence-electron chi connectivity index (χ3n) is 2.11. The zero-order valence-electron chi connectivity index (χ0n) is 7.71. The van der Waals surface area contributed by atoms with Gasteiger partial charge in [0.15, 0.2) is 0 Å². The first-order valence-corrected chi connectivity index (χ1v) is 4.53. The molecule has 2 atom stereocenters. The normalized spacial score (nSPS) is 29.7. The van der Waals surface area contributed by atoms with Gasteiger partial charge < -0.3 is 10.4 Å². The Morgan fingerprint density at radius 3 is 2.75 bits per heavy atom. The van der Waals surface area contributed by atoms with Crippen LogP contribution in [-0.4, -0.2) is 29.6 Å². The average Bonchev–Trinajstić information content (AvgIpc) is 2.34. The lowest BCUT2D eigenvalue weighted by atomic mass is 10.0. The van der Waals surface area contributed by atoms with E-state index in [2.05, 4.69) is 5.32 Å². The van der Waals surface area contributed by atoms with Crippen LogP contribution in [-0.2, 0) is 4.79 Å². The Morgan fingerprint density at radius 1 is 1.67 bits per heavy atom. The van der Waals surface area contributed by atoms with Gasteiger partial charge >= 0.3 is 0 Å². The van der Waals surface area contributed by atoms with Gasteiger partial charge in [-0.15, -0.1) is 0 Å². The number of nitrogens with one attached hydrogen (secondary N) is 1. The lowest BCUT2D eigenvalue weighted by Gasteiger charge is -2.09. The zero-order valence-corrected chi connectivity index (χ0v) is 7.71. The van der Waals surface area contributed by atoms with Crippen molar-refractivity contribution in [3.8, 4) is 0 Å². The van der Waals surface area contributed by atoms with Gasteiger partial charge in [-0.25, -0.2) is 0 Å². The van der Waals surface area contributed by atoms with Gasteiger partial charge in [-0.2, -0.15) is 0 Å². The van der Waals surface area contributed by atoms with E-state index >= 15 is 0 Å². The van der Waals surface area contributed by atoms with E-state index in [4.69, 9.17) is 5.11 Å². The number of β-amino-alcohol motifs (C(OH)–C–C–N with tert-alkyl or cyclic N) is 1. The van der Waals surface area contributed by atoms with Crippen LogP contribution in [0, 0.1) is 5.92 Å². The molecule has 1 saturated heterocycles. The first-order chi connectivity index (χ1) is 5.59. The number of ketones is 1. The van der Waals surface area contributed by atoms with Gasteiger partial charge in [0, 0.05) is 13.0 Å². The summed E-state index contributed by atoms with van der Waals surface area (Å²) in [6, 6.07) is -0.0950. The summed E-state index contributed by atoms with van der Waals surface area (Å²) in [5.41, 5.74) is 0. The highest BCUT2D eigenvalue weighted by molar-refractivity contribution is 5.84. The van der Waals surface area contributed by atoms with Crippen molar-refractivity contribution < 1.29 is 9.90 Å². The maximum atomic E-state index is 11.4. The van der Waals surface area contributed by atoms with Crippen molar-refractivity contribution in [2.75, 3.05) is 6.54 Å². The molecule has 0 aromatic carbocycles. The summed E-state index contributed by atoms with van der Waals surface area (Å²) < 4.78 is 0. The topological polar surface area (TPSA) is 49.3 Å². The molecule has 0 bridgehead atoms. The van der Waals surface area contributed by atoms with Gasteiger partial charge in [0.25, 0.3) is 0 Å². The van der Waals surface area contributed by atoms with Gasteiger partial charge in [0.2, 0.25) is 0 Å². The third kappa shape index (κ3) is 2.57. The fraction of sp³-hybridized carbons (Fsp3) is 0.889. The van der Waals surface area contributed by atoms with Crippen molar-refractivity contribution in [1.82, 2.24) is 5.32 Å². The first kappa shape index (κ1) is 9.68. The molecule has 3 heteroatoms. The van der Waals surface area contributed by atoms with Crippen molar-refractivity contribution in [1.29, 1.82) is 0 Å². The van der Waals surface area contributed by atoms with Crippen LogP contribution in [0.3, 0.4) is 0 Å². The molecule has 1 aliphatic rings. The molecule has 1 fully saturated rings. The number of carbonyl (C=O) groups is 1. The largest absolute Gasteiger partial charge is 0.392 e. The molecule has 1 rings (SSSR count). The highest BCUT2D eigenvalue weighted by Gasteiger charge is 2.27. The van der Waals surface area contributed by atoms with Crippen molar-refractivity contribution in [2.24, 2.45) is 5.92 Å². The Labute approximate surface area is 73.2 Å². The van der Waals surface area contributed by atoms with Crippen molar-refractivity contribution in [2.45, 2.75) is 38.8 Å². The van der Waals surface area contributed by atoms with Crippen molar-refractivity contribution >= 4 is 5.78 Å². The first-order valence-electron chi connectivity index (χ1n) is 4.53. The van der Waals surface area contributed by atoms with E-state index in [0.717, 1.165) is 0 Å². The Bertz CT molecular complexity index is 168. The minimum Gasteiger partial charge on any atom is -0.392 e. The summed E-state index contributed by atoms with van der Waals surface area (Å²) in [4.78, 5) is 11.4. The smallest absolute Gasteiger partial charge is 0.150 e. The molecule has 0 amide bonds. The van der Waals surface area contributed by atoms with Crippen LogP contribution >= 0.6 is 0 Å². The summed E-state index contributed by atoms with van der Waals surface area (Å²) in [6.07, 6.45) is 0.877. The van der Waals surface area contributed by atoms with Crippen molar-refractivity contribution in [3.63, 3.8) is 0 Å². The molecule has 0 saturated carbocycles. The fourth-order valence-electron chi connectivity index (χ4n) is 1.51. The molecule has 0 radical (unpaired) electrons. The van der Waals surface area contributed by atoms with Crippen LogP contribution in [0.5, 0.6) is 0 Å². The summed E-state index contributed by atoms with van der Waals surface area (Å²) >= 11 is 0. The van der Waals surface area contributed by atoms with Gasteiger partial charge in [-0.05, 0) is 12.3 Å². The lowest BCUT2D eigenvalue weighted by Crippen LogP contribution is -2.31. The number of hydrogen-bond donors (Lipinski definition) is 2. The lowest BCUT2D eigenvalue weighted by molar-refractivity contribution is -0.121. The molecule has 1 unspecified atom stereocenters. The van der Waals surface area contributed by atoms with Crippen molar-refractivity contribution in [3.05, 3.63) is 0 Å². The van der Waals surface area contributed by atoms with Crippen LogP contribution in [0.15, 0.2) is 0 Å². The third-order valence-corrected chi connectivity index (χ3v) is 2.11. The molecule has 1 aliphatic heterocycles. The molecule has 3 nitrogen and oxygen atoms in total. The highest BCUT2D eigenvalue weighted by atomic mass is 16.3. The minimum absolute atomic E-state index is 0.0950. The molecule has 0 aromatic rings. The van der Waals surface area contributed by atoms with Gasteiger partial charge in [-0.1, -0.05) is 13.8 Å². The fourth-order valence-corrected chi connectivity index (χ4v) is 1.51. The zero-order chi connectivity index (χ0) is 9.14. The summed E-state index contributed by atoms with van der Waals surface area (Å²) in [7, 11) is 0. The Balaban J connectivity index is 2.33. The molecule has 0 aromatic heterocycles. The number of Topliss-reactive ketones (excluding diaryl/α,β-unsaturated/α-hetero) is 1. The number of aliphatic hydroxyl groups excluding tert-OH is 1. The standard InChI is InChI=1S/C9H17NO2/c1-6(2)3-9(12)8-4-7(11)5-10-8/h6-8,10-11H,3-5H2,1-2H3/t7-,8?/m1/s1. The van der Waals surface area contributed by atoms with E-state index in [1.807, 2.05) is 13.8 Å². The van der Waals surface area contributed by atoms with Crippen LogP contribution in [0.25, 0.3) is 0 Å². The molecule has 0 spiro atoms. The second-order valence-corrected chi connectivity index (χ2v) is 3.91. The van der Waals surface area contributed by atoms with E-state index in [1.54, 1.807) is 0 Å². The minimum atomic E-state index is -0.328. The van der Waals surface area contributed by atoms with Crippen LogP contribution in [0.2, 0.25) is 0 Å². The van der Waals surface area contributed by atoms with E-state index in [0.29, 0.717) is 25.3 Å². The average molecular weight is 171 g/mol. The van der Waals surface area contributed by atoms with Gasteiger partial charge in [0.05, 0.1) is 12.1 Å².